The minimum absolute atomic E-state index is 0.0660. The summed E-state index contributed by atoms with van der Waals surface area (Å²) in [6.45, 7) is 0.125. The van der Waals surface area contributed by atoms with Crippen LogP contribution >= 0.6 is 0 Å². The maximum Gasteiger partial charge on any atom is 0.331 e. The molecule has 0 aliphatic heterocycles. The van der Waals surface area contributed by atoms with Crippen LogP contribution in [0.4, 0.5) is 0 Å². The molecule has 0 saturated heterocycles. The van der Waals surface area contributed by atoms with Gasteiger partial charge in [0.15, 0.2) is 11.5 Å². The molecule has 1 aromatic heterocycles. The summed E-state index contributed by atoms with van der Waals surface area (Å²) in [5.74, 6) is 0.144. The molecule has 1 heterocycles. The van der Waals surface area contributed by atoms with E-state index in [1.165, 1.54) is 19.2 Å². The van der Waals surface area contributed by atoms with Crippen LogP contribution in [-0.2, 0) is 11.3 Å². The molecule has 0 fully saturated rings. The van der Waals surface area contributed by atoms with E-state index in [1.54, 1.807) is 23.0 Å². The topological polar surface area (TPSA) is 60.7 Å². The zero-order chi connectivity index (χ0) is 13.0. The fourth-order valence-electron chi connectivity index (χ4n) is 1.52. The standard InChI is InChI=1S/C13H13NO4/c1-17-12-5-4-10(8-11(12)15)18-13(16)9-14-6-2-3-7-14/h2-8,15H,9H2,1H3. The van der Waals surface area contributed by atoms with Crippen molar-refractivity contribution in [1.82, 2.24) is 4.57 Å². The summed E-state index contributed by atoms with van der Waals surface area (Å²) in [5, 5.41) is 9.54. The van der Waals surface area contributed by atoms with Gasteiger partial charge in [0.2, 0.25) is 0 Å². The number of methoxy groups -OCH3 is 1. The van der Waals surface area contributed by atoms with Gasteiger partial charge in [0.05, 0.1) is 7.11 Å². The Morgan fingerprint density at radius 1 is 1.33 bits per heavy atom. The number of benzene rings is 1. The Balaban J connectivity index is 2.01. The van der Waals surface area contributed by atoms with Crippen molar-refractivity contribution in [3.63, 3.8) is 0 Å². The first kappa shape index (κ1) is 12.0. The smallest absolute Gasteiger partial charge is 0.331 e. The Bertz CT molecular complexity index is 534. The van der Waals surface area contributed by atoms with Gasteiger partial charge in [-0.25, -0.2) is 4.79 Å². The summed E-state index contributed by atoms with van der Waals surface area (Å²) in [7, 11) is 1.45. The summed E-state index contributed by atoms with van der Waals surface area (Å²) < 4.78 is 11.7. The number of ether oxygens (including phenoxy) is 2. The van der Waals surface area contributed by atoms with Crippen molar-refractivity contribution < 1.29 is 19.4 Å². The number of nitrogens with zero attached hydrogens (tertiary/aromatic N) is 1. The average Bonchev–Trinajstić information content (AvgIpc) is 2.82. The fraction of sp³-hybridized carbons (Fsp3) is 0.154. The van der Waals surface area contributed by atoms with Crippen LogP contribution in [0.1, 0.15) is 0 Å². The SMILES string of the molecule is COc1ccc(OC(=O)Cn2cccc2)cc1O. The first-order chi connectivity index (χ1) is 8.69. The molecular formula is C13H13NO4. The predicted octanol–water partition coefficient (Wildman–Crippen LogP) is 1.81. The first-order valence-corrected chi connectivity index (χ1v) is 5.37. The van der Waals surface area contributed by atoms with E-state index in [1.807, 2.05) is 12.1 Å². The number of hydrogen-bond acceptors (Lipinski definition) is 4. The largest absolute Gasteiger partial charge is 0.504 e. The Morgan fingerprint density at radius 3 is 2.67 bits per heavy atom. The van der Waals surface area contributed by atoms with Gasteiger partial charge in [-0.2, -0.15) is 0 Å². The Kier molecular flexibility index (Phi) is 3.52. The molecule has 18 heavy (non-hydrogen) atoms. The molecule has 0 spiro atoms. The molecule has 5 heteroatoms. The van der Waals surface area contributed by atoms with E-state index in [0.29, 0.717) is 5.75 Å². The molecule has 0 atom stereocenters. The van der Waals surface area contributed by atoms with E-state index < -0.39 is 5.97 Å². The number of phenols is 1. The molecule has 94 valence electrons. The highest BCUT2D eigenvalue weighted by Crippen LogP contribution is 2.29. The first-order valence-electron chi connectivity index (χ1n) is 5.37. The Labute approximate surface area is 104 Å². The van der Waals surface area contributed by atoms with Crippen molar-refractivity contribution in [2.45, 2.75) is 6.54 Å². The number of hydrogen-bond donors (Lipinski definition) is 1. The summed E-state index contributed by atoms with van der Waals surface area (Å²) in [5.41, 5.74) is 0. The van der Waals surface area contributed by atoms with Crippen molar-refractivity contribution in [2.24, 2.45) is 0 Å². The number of esters is 1. The van der Waals surface area contributed by atoms with Gasteiger partial charge in [-0.1, -0.05) is 0 Å². The molecule has 1 N–H and O–H groups in total. The quantitative estimate of drug-likeness (QED) is 0.661. The van der Waals surface area contributed by atoms with Crippen LogP contribution in [-0.4, -0.2) is 22.8 Å². The molecular weight excluding hydrogens is 234 g/mol. The summed E-state index contributed by atoms with van der Waals surface area (Å²) in [6, 6.07) is 8.09. The molecule has 0 amide bonds. The maximum absolute atomic E-state index is 11.6. The van der Waals surface area contributed by atoms with Crippen molar-refractivity contribution in [1.29, 1.82) is 0 Å². The second-order valence-electron chi connectivity index (χ2n) is 3.66. The van der Waals surface area contributed by atoms with Crippen LogP contribution in [0.15, 0.2) is 42.7 Å². The predicted molar refractivity (Wildman–Crippen MR) is 64.7 cm³/mol. The van der Waals surface area contributed by atoms with Crippen LogP contribution in [0, 0.1) is 0 Å². The third-order valence-electron chi connectivity index (χ3n) is 2.36. The normalized spacial score (nSPS) is 10.1. The van der Waals surface area contributed by atoms with Gasteiger partial charge in [0, 0.05) is 18.5 Å². The highest BCUT2D eigenvalue weighted by atomic mass is 16.5. The second-order valence-corrected chi connectivity index (χ2v) is 3.66. The lowest BCUT2D eigenvalue weighted by Gasteiger charge is -2.07. The molecule has 0 aliphatic rings. The molecule has 5 nitrogen and oxygen atoms in total. The monoisotopic (exact) mass is 247 g/mol. The molecule has 1 aromatic carbocycles. The number of carbonyl (C=O) groups excluding carboxylic acids is 1. The van der Waals surface area contributed by atoms with Crippen molar-refractivity contribution in [2.75, 3.05) is 7.11 Å². The number of carbonyl (C=O) groups is 1. The van der Waals surface area contributed by atoms with E-state index in [0.717, 1.165) is 0 Å². The number of aromatic nitrogens is 1. The Morgan fingerprint density at radius 2 is 2.06 bits per heavy atom. The van der Waals surface area contributed by atoms with Crippen molar-refractivity contribution in [3.8, 4) is 17.2 Å². The van der Waals surface area contributed by atoms with Gasteiger partial charge in [0.25, 0.3) is 0 Å². The van der Waals surface area contributed by atoms with Crippen LogP contribution in [0.3, 0.4) is 0 Å². The van der Waals surface area contributed by atoms with Gasteiger partial charge in [-0.15, -0.1) is 0 Å². The van der Waals surface area contributed by atoms with E-state index in [2.05, 4.69) is 0 Å². The average molecular weight is 247 g/mol. The second kappa shape index (κ2) is 5.27. The molecule has 2 rings (SSSR count). The zero-order valence-electron chi connectivity index (χ0n) is 9.87. The van der Waals surface area contributed by atoms with Crippen LogP contribution in [0.25, 0.3) is 0 Å². The van der Waals surface area contributed by atoms with E-state index in [4.69, 9.17) is 9.47 Å². The summed E-state index contributed by atoms with van der Waals surface area (Å²) in [4.78, 5) is 11.6. The number of rotatable bonds is 4. The molecule has 0 aliphatic carbocycles. The van der Waals surface area contributed by atoms with Crippen LogP contribution in [0.5, 0.6) is 17.2 Å². The lowest BCUT2D eigenvalue weighted by molar-refractivity contribution is -0.135. The zero-order valence-corrected chi connectivity index (χ0v) is 9.87. The molecule has 0 unspecified atom stereocenters. The highest BCUT2D eigenvalue weighted by molar-refractivity contribution is 5.72. The summed E-state index contributed by atoms with van der Waals surface area (Å²) >= 11 is 0. The molecule has 2 aromatic rings. The minimum Gasteiger partial charge on any atom is -0.504 e. The fourth-order valence-corrected chi connectivity index (χ4v) is 1.52. The Hall–Kier alpha value is -2.43. The van der Waals surface area contributed by atoms with Crippen molar-refractivity contribution in [3.05, 3.63) is 42.7 Å². The van der Waals surface area contributed by atoms with Gasteiger partial charge >= 0.3 is 5.97 Å². The third-order valence-corrected chi connectivity index (χ3v) is 2.36. The summed E-state index contributed by atoms with van der Waals surface area (Å²) in [6.07, 6.45) is 3.54. The van der Waals surface area contributed by atoms with Crippen LogP contribution < -0.4 is 9.47 Å². The molecule has 0 saturated carbocycles. The van der Waals surface area contributed by atoms with E-state index in [-0.39, 0.29) is 18.0 Å². The third kappa shape index (κ3) is 2.82. The van der Waals surface area contributed by atoms with Gasteiger partial charge in [-0.3, -0.25) is 0 Å². The van der Waals surface area contributed by atoms with Crippen LogP contribution in [0.2, 0.25) is 0 Å². The lowest BCUT2D eigenvalue weighted by Crippen LogP contribution is -2.15. The van der Waals surface area contributed by atoms with Gasteiger partial charge in [-0.05, 0) is 24.3 Å². The number of aromatic hydroxyl groups is 1. The van der Waals surface area contributed by atoms with E-state index in [9.17, 15) is 9.90 Å². The lowest BCUT2D eigenvalue weighted by atomic mass is 10.3. The van der Waals surface area contributed by atoms with Crippen molar-refractivity contribution >= 4 is 5.97 Å². The highest BCUT2D eigenvalue weighted by Gasteiger charge is 2.08. The maximum atomic E-state index is 11.6. The van der Waals surface area contributed by atoms with Gasteiger partial charge < -0.3 is 19.1 Å². The molecule has 0 radical (unpaired) electrons. The minimum atomic E-state index is -0.407. The number of phenolic OH excluding ortho intramolecular Hbond substituents is 1. The molecule has 0 bridgehead atoms. The van der Waals surface area contributed by atoms with Gasteiger partial charge in [0.1, 0.15) is 12.3 Å². The van der Waals surface area contributed by atoms with E-state index >= 15 is 0 Å².